The summed E-state index contributed by atoms with van der Waals surface area (Å²) in [6, 6.07) is 9.85. The van der Waals surface area contributed by atoms with E-state index >= 15 is 0 Å². The molecule has 2 N–H and O–H groups in total. The van der Waals surface area contributed by atoms with Crippen molar-refractivity contribution < 1.29 is 28.5 Å². The maximum atomic E-state index is 12.2. The summed E-state index contributed by atoms with van der Waals surface area (Å²) < 4.78 is 20.7. The SMILES string of the molecule is COC(=O)c1ccccc1NC(=O)NCCc1cc(OC)c(OC)c(OC)c1. The standard InChI is InChI=1S/C20H24N2O6/c1-25-16-11-13(12-17(26-2)18(16)27-3)9-10-21-20(24)22-15-8-6-5-7-14(15)19(23)28-4/h5-8,11-12H,9-10H2,1-4H3,(H2,21,22,24). The van der Waals surface area contributed by atoms with E-state index in [1.165, 1.54) is 14.2 Å². The third-order valence-corrected chi connectivity index (χ3v) is 4.00. The zero-order valence-electron chi connectivity index (χ0n) is 16.3. The van der Waals surface area contributed by atoms with E-state index in [4.69, 9.17) is 18.9 Å². The monoisotopic (exact) mass is 388 g/mol. The summed E-state index contributed by atoms with van der Waals surface area (Å²) in [5, 5.41) is 5.41. The Morgan fingerprint density at radius 3 is 2.14 bits per heavy atom. The second-order valence-corrected chi connectivity index (χ2v) is 5.70. The molecule has 2 aromatic rings. The van der Waals surface area contributed by atoms with E-state index in [1.807, 2.05) is 12.1 Å². The third-order valence-electron chi connectivity index (χ3n) is 4.00. The quantitative estimate of drug-likeness (QED) is 0.675. The summed E-state index contributed by atoms with van der Waals surface area (Å²) >= 11 is 0. The van der Waals surface area contributed by atoms with E-state index in [0.29, 0.717) is 35.9 Å². The molecule has 150 valence electrons. The number of rotatable bonds is 8. The van der Waals surface area contributed by atoms with Crippen molar-refractivity contribution in [3.05, 3.63) is 47.5 Å². The fourth-order valence-corrected chi connectivity index (χ4v) is 2.65. The maximum absolute atomic E-state index is 12.2. The second-order valence-electron chi connectivity index (χ2n) is 5.70. The molecule has 0 aromatic heterocycles. The summed E-state index contributed by atoms with van der Waals surface area (Å²) in [4.78, 5) is 23.9. The number of hydrogen-bond acceptors (Lipinski definition) is 6. The van der Waals surface area contributed by atoms with Gasteiger partial charge in [-0.3, -0.25) is 0 Å². The van der Waals surface area contributed by atoms with Gasteiger partial charge in [-0.05, 0) is 36.2 Å². The molecule has 0 aliphatic carbocycles. The Kier molecular flexibility index (Phi) is 7.50. The van der Waals surface area contributed by atoms with Gasteiger partial charge in [0.05, 0.1) is 39.7 Å². The van der Waals surface area contributed by atoms with Crippen LogP contribution in [0.5, 0.6) is 17.2 Å². The van der Waals surface area contributed by atoms with Gasteiger partial charge in [-0.1, -0.05) is 12.1 Å². The van der Waals surface area contributed by atoms with E-state index < -0.39 is 12.0 Å². The molecule has 0 aliphatic rings. The zero-order valence-corrected chi connectivity index (χ0v) is 16.3. The first kappa shape index (κ1) is 20.9. The van der Waals surface area contributed by atoms with Crippen LogP contribution in [0.4, 0.5) is 10.5 Å². The summed E-state index contributed by atoms with van der Waals surface area (Å²) in [6.07, 6.45) is 0.544. The Hall–Kier alpha value is -3.42. The molecular formula is C20H24N2O6. The molecule has 0 heterocycles. The topological polar surface area (TPSA) is 95.1 Å². The van der Waals surface area contributed by atoms with Crippen molar-refractivity contribution in [2.24, 2.45) is 0 Å². The average molecular weight is 388 g/mol. The molecule has 0 fully saturated rings. The van der Waals surface area contributed by atoms with E-state index in [2.05, 4.69) is 10.6 Å². The molecule has 0 saturated carbocycles. The predicted octanol–water partition coefficient (Wildman–Crippen LogP) is 2.86. The normalized spacial score (nSPS) is 10.0. The predicted molar refractivity (Wildman–Crippen MR) is 105 cm³/mol. The van der Waals surface area contributed by atoms with Crippen LogP contribution in [0.1, 0.15) is 15.9 Å². The molecule has 0 spiro atoms. The smallest absolute Gasteiger partial charge is 0.339 e. The highest BCUT2D eigenvalue weighted by atomic mass is 16.5. The van der Waals surface area contributed by atoms with Crippen LogP contribution in [0.15, 0.2) is 36.4 Å². The molecule has 0 unspecified atom stereocenters. The number of amides is 2. The first-order chi connectivity index (χ1) is 13.5. The van der Waals surface area contributed by atoms with Gasteiger partial charge < -0.3 is 29.6 Å². The molecular weight excluding hydrogens is 364 g/mol. The number of esters is 1. The minimum Gasteiger partial charge on any atom is -0.493 e. The lowest BCUT2D eigenvalue weighted by molar-refractivity contribution is 0.0602. The Labute approximate surface area is 163 Å². The third kappa shape index (κ3) is 5.06. The van der Waals surface area contributed by atoms with Crippen molar-refractivity contribution in [1.82, 2.24) is 5.32 Å². The van der Waals surface area contributed by atoms with Gasteiger partial charge in [-0.15, -0.1) is 0 Å². The molecule has 28 heavy (non-hydrogen) atoms. The van der Waals surface area contributed by atoms with Crippen LogP contribution in [0.25, 0.3) is 0 Å². The Morgan fingerprint density at radius 1 is 0.929 bits per heavy atom. The molecule has 2 amide bonds. The summed E-state index contributed by atoms with van der Waals surface area (Å²) in [5.41, 5.74) is 1.56. The van der Waals surface area contributed by atoms with Crippen LogP contribution in [0.3, 0.4) is 0 Å². The van der Waals surface area contributed by atoms with Gasteiger partial charge in [0.1, 0.15) is 0 Å². The van der Waals surface area contributed by atoms with Crippen molar-refractivity contribution in [2.45, 2.75) is 6.42 Å². The highest BCUT2D eigenvalue weighted by molar-refractivity contribution is 6.00. The highest BCUT2D eigenvalue weighted by Gasteiger charge is 2.14. The minimum absolute atomic E-state index is 0.282. The van der Waals surface area contributed by atoms with Crippen molar-refractivity contribution in [3.8, 4) is 17.2 Å². The van der Waals surface area contributed by atoms with Gasteiger partial charge in [0.15, 0.2) is 11.5 Å². The lowest BCUT2D eigenvalue weighted by atomic mass is 10.1. The number of methoxy groups -OCH3 is 4. The summed E-state index contributed by atoms with van der Waals surface area (Å²) in [5.74, 6) is 1.09. The lowest BCUT2D eigenvalue weighted by Crippen LogP contribution is -2.31. The van der Waals surface area contributed by atoms with Crippen LogP contribution >= 0.6 is 0 Å². The number of nitrogens with one attached hydrogen (secondary N) is 2. The highest BCUT2D eigenvalue weighted by Crippen LogP contribution is 2.38. The van der Waals surface area contributed by atoms with Crippen molar-refractivity contribution in [3.63, 3.8) is 0 Å². The largest absolute Gasteiger partial charge is 0.493 e. The molecule has 2 rings (SSSR count). The van der Waals surface area contributed by atoms with Crippen molar-refractivity contribution in [1.29, 1.82) is 0 Å². The Bertz CT molecular complexity index is 812. The Balaban J connectivity index is 1.99. The van der Waals surface area contributed by atoms with Crippen LogP contribution in [-0.4, -0.2) is 47.0 Å². The number of ether oxygens (including phenoxy) is 4. The number of para-hydroxylation sites is 1. The molecule has 0 radical (unpaired) electrons. The molecule has 0 saturated heterocycles. The number of urea groups is 1. The van der Waals surface area contributed by atoms with E-state index in [9.17, 15) is 9.59 Å². The van der Waals surface area contributed by atoms with E-state index in [-0.39, 0.29) is 5.56 Å². The van der Waals surface area contributed by atoms with E-state index in [1.54, 1.807) is 38.5 Å². The number of anilines is 1. The molecule has 0 aliphatic heterocycles. The number of hydrogen-bond donors (Lipinski definition) is 2. The first-order valence-electron chi connectivity index (χ1n) is 8.55. The van der Waals surface area contributed by atoms with Gasteiger partial charge in [-0.25, -0.2) is 9.59 Å². The number of carbonyl (C=O) groups is 2. The Morgan fingerprint density at radius 2 is 1.57 bits per heavy atom. The van der Waals surface area contributed by atoms with Crippen LogP contribution in [0, 0.1) is 0 Å². The fourth-order valence-electron chi connectivity index (χ4n) is 2.65. The fraction of sp³-hybridized carbons (Fsp3) is 0.300. The van der Waals surface area contributed by atoms with E-state index in [0.717, 1.165) is 5.56 Å². The maximum Gasteiger partial charge on any atom is 0.339 e. The molecule has 2 aromatic carbocycles. The van der Waals surface area contributed by atoms with Crippen LogP contribution < -0.4 is 24.8 Å². The summed E-state index contributed by atoms with van der Waals surface area (Å²) in [6.45, 7) is 0.366. The first-order valence-corrected chi connectivity index (χ1v) is 8.55. The molecule has 8 nitrogen and oxygen atoms in total. The molecule has 0 atom stereocenters. The van der Waals surface area contributed by atoms with Gasteiger partial charge >= 0.3 is 12.0 Å². The average Bonchev–Trinajstić information content (AvgIpc) is 2.72. The zero-order chi connectivity index (χ0) is 20.5. The number of carbonyl (C=O) groups excluding carboxylic acids is 2. The van der Waals surface area contributed by atoms with Crippen molar-refractivity contribution in [2.75, 3.05) is 40.3 Å². The van der Waals surface area contributed by atoms with Gasteiger partial charge in [-0.2, -0.15) is 0 Å². The van der Waals surface area contributed by atoms with Gasteiger partial charge in [0.2, 0.25) is 5.75 Å². The molecule has 8 heteroatoms. The van der Waals surface area contributed by atoms with Gasteiger partial charge in [0.25, 0.3) is 0 Å². The van der Waals surface area contributed by atoms with Crippen LogP contribution in [0.2, 0.25) is 0 Å². The summed E-state index contributed by atoms with van der Waals surface area (Å²) in [7, 11) is 5.92. The minimum atomic E-state index is -0.520. The second kappa shape index (κ2) is 10.1. The number of benzene rings is 2. The van der Waals surface area contributed by atoms with Gasteiger partial charge in [0, 0.05) is 6.54 Å². The van der Waals surface area contributed by atoms with Crippen LogP contribution in [-0.2, 0) is 11.2 Å². The molecule has 0 bridgehead atoms. The lowest BCUT2D eigenvalue weighted by Gasteiger charge is -2.14. The van der Waals surface area contributed by atoms with Crippen molar-refractivity contribution >= 4 is 17.7 Å².